The van der Waals surface area contributed by atoms with Crippen molar-refractivity contribution < 1.29 is 4.79 Å². The predicted molar refractivity (Wildman–Crippen MR) is 62.2 cm³/mol. The van der Waals surface area contributed by atoms with Crippen LogP contribution in [0.15, 0.2) is 0 Å². The average Bonchev–Trinajstić information content (AvgIpc) is 2.95. The zero-order chi connectivity index (χ0) is 11.2. The fraction of sp³-hybridized carbons (Fsp3) is 0.917. The van der Waals surface area contributed by atoms with Crippen molar-refractivity contribution in [2.75, 3.05) is 39.8 Å². The minimum Gasteiger partial charge on any atom is -0.344 e. The first kappa shape index (κ1) is 10.5. The molecule has 2 unspecified atom stereocenters. The quantitative estimate of drug-likeness (QED) is 0.674. The Morgan fingerprint density at radius 3 is 2.88 bits per heavy atom. The summed E-state index contributed by atoms with van der Waals surface area (Å²) in [5.41, 5.74) is 0.488. The summed E-state index contributed by atoms with van der Waals surface area (Å²) < 4.78 is 0. The molecule has 90 valence electrons. The highest BCUT2D eigenvalue weighted by molar-refractivity contribution is 5.83. The Labute approximate surface area is 97.0 Å². The summed E-state index contributed by atoms with van der Waals surface area (Å²) in [6.45, 7) is 5.49. The SMILES string of the molecule is CN1CCC(N2CCC3(CCNC3)C2)C1=O. The van der Waals surface area contributed by atoms with E-state index in [9.17, 15) is 4.79 Å². The summed E-state index contributed by atoms with van der Waals surface area (Å²) in [6.07, 6.45) is 3.59. The number of nitrogens with zero attached hydrogens (tertiary/aromatic N) is 2. The van der Waals surface area contributed by atoms with E-state index in [4.69, 9.17) is 0 Å². The normalized spacial score (nSPS) is 40.4. The van der Waals surface area contributed by atoms with E-state index in [1.165, 1.54) is 12.8 Å². The first-order chi connectivity index (χ1) is 7.70. The van der Waals surface area contributed by atoms with E-state index in [1.807, 2.05) is 11.9 Å². The minimum atomic E-state index is 0.185. The number of rotatable bonds is 1. The van der Waals surface area contributed by atoms with Crippen LogP contribution in [0.5, 0.6) is 0 Å². The lowest BCUT2D eigenvalue weighted by molar-refractivity contribution is -0.130. The van der Waals surface area contributed by atoms with Gasteiger partial charge in [0, 0.05) is 26.7 Å². The molecule has 0 radical (unpaired) electrons. The van der Waals surface area contributed by atoms with Crippen molar-refractivity contribution >= 4 is 5.91 Å². The molecule has 1 spiro atoms. The lowest BCUT2D eigenvalue weighted by atomic mass is 9.86. The van der Waals surface area contributed by atoms with Crippen LogP contribution in [0.1, 0.15) is 19.3 Å². The van der Waals surface area contributed by atoms with Gasteiger partial charge in [-0.05, 0) is 37.8 Å². The monoisotopic (exact) mass is 223 g/mol. The van der Waals surface area contributed by atoms with Gasteiger partial charge in [-0.25, -0.2) is 0 Å². The summed E-state index contributed by atoms with van der Waals surface area (Å²) in [4.78, 5) is 16.3. The van der Waals surface area contributed by atoms with Crippen LogP contribution in [0, 0.1) is 5.41 Å². The third kappa shape index (κ3) is 1.55. The van der Waals surface area contributed by atoms with Crippen LogP contribution in [0.3, 0.4) is 0 Å². The number of nitrogens with one attached hydrogen (secondary N) is 1. The molecule has 3 rings (SSSR count). The fourth-order valence-corrected chi connectivity index (χ4v) is 3.52. The second-order valence-corrected chi connectivity index (χ2v) is 5.71. The summed E-state index contributed by atoms with van der Waals surface area (Å²) in [5.74, 6) is 0.336. The lowest BCUT2D eigenvalue weighted by Crippen LogP contribution is -2.41. The Balaban J connectivity index is 1.67. The van der Waals surface area contributed by atoms with Gasteiger partial charge in [-0.15, -0.1) is 0 Å². The molecule has 3 saturated heterocycles. The van der Waals surface area contributed by atoms with Gasteiger partial charge in [-0.1, -0.05) is 0 Å². The maximum absolute atomic E-state index is 12.0. The molecule has 1 amide bonds. The van der Waals surface area contributed by atoms with Gasteiger partial charge in [0.25, 0.3) is 0 Å². The van der Waals surface area contributed by atoms with Crippen molar-refractivity contribution in [2.24, 2.45) is 5.41 Å². The lowest BCUT2D eigenvalue weighted by Gasteiger charge is -2.26. The summed E-state index contributed by atoms with van der Waals surface area (Å²) in [7, 11) is 1.92. The largest absolute Gasteiger partial charge is 0.344 e. The molecule has 4 nitrogen and oxygen atoms in total. The maximum Gasteiger partial charge on any atom is 0.239 e. The predicted octanol–water partition coefficient (Wildman–Crippen LogP) is -0.0975. The standard InChI is InChI=1S/C12H21N3O/c1-14-6-2-10(11(14)16)15-7-4-12(9-15)3-5-13-8-12/h10,13H,2-9H2,1H3. The van der Waals surface area contributed by atoms with Crippen LogP contribution >= 0.6 is 0 Å². The van der Waals surface area contributed by atoms with Crippen molar-refractivity contribution in [3.8, 4) is 0 Å². The van der Waals surface area contributed by atoms with E-state index in [2.05, 4.69) is 10.2 Å². The van der Waals surface area contributed by atoms with Gasteiger partial charge in [0.1, 0.15) is 0 Å². The van der Waals surface area contributed by atoms with Crippen LogP contribution in [-0.2, 0) is 4.79 Å². The minimum absolute atomic E-state index is 0.185. The molecule has 16 heavy (non-hydrogen) atoms. The van der Waals surface area contributed by atoms with Gasteiger partial charge in [-0.2, -0.15) is 0 Å². The topological polar surface area (TPSA) is 35.6 Å². The molecule has 4 heteroatoms. The molecule has 0 aromatic carbocycles. The molecule has 3 aliphatic heterocycles. The van der Waals surface area contributed by atoms with Crippen molar-refractivity contribution in [2.45, 2.75) is 25.3 Å². The second kappa shape index (κ2) is 3.70. The second-order valence-electron chi connectivity index (χ2n) is 5.71. The number of likely N-dealkylation sites (tertiary alicyclic amines) is 2. The van der Waals surface area contributed by atoms with E-state index in [-0.39, 0.29) is 6.04 Å². The van der Waals surface area contributed by atoms with Gasteiger partial charge in [0.2, 0.25) is 5.91 Å². The van der Waals surface area contributed by atoms with Gasteiger partial charge < -0.3 is 10.2 Å². The van der Waals surface area contributed by atoms with Crippen LogP contribution in [0.4, 0.5) is 0 Å². The molecular formula is C12H21N3O. The van der Waals surface area contributed by atoms with Crippen LogP contribution in [0.2, 0.25) is 0 Å². The highest BCUT2D eigenvalue weighted by atomic mass is 16.2. The Hall–Kier alpha value is -0.610. The molecule has 3 heterocycles. The van der Waals surface area contributed by atoms with Crippen molar-refractivity contribution in [1.29, 1.82) is 0 Å². The van der Waals surface area contributed by atoms with Crippen LogP contribution in [0.25, 0.3) is 0 Å². The first-order valence-electron chi connectivity index (χ1n) is 6.40. The molecule has 3 fully saturated rings. The molecule has 0 aromatic heterocycles. The highest BCUT2D eigenvalue weighted by Crippen LogP contribution is 2.38. The fourth-order valence-electron chi connectivity index (χ4n) is 3.52. The molecule has 1 N–H and O–H groups in total. The third-order valence-corrected chi connectivity index (χ3v) is 4.64. The zero-order valence-electron chi connectivity index (χ0n) is 10.0. The highest BCUT2D eigenvalue weighted by Gasteiger charge is 2.45. The molecular weight excluding hydrogens is 202 g/mol. The number of amides is 1. The average molecular weight is 223 g/mol. The van der Waals surface area contributed by atoms with E-state index >= 15 is 0 Å². The first-order valence-corrected chi connectivity index (χ1v) is 6.40. The maximum atomic E-state index is 12.0. The molecule has 2 atom stereocenters. The van der Waals surface area contributed by atoms with E-state index in [0.717, 1.165) is 39.1 Å². The van der Waals surface area contributed by atoms with Crippen molar-refractivity contribution in [3.63, 3.8) is 0 Å². The van der Waals surface area contributed by atoms with E-state index in [0.29, 0.717) is 11.3 Å². The van der Waals surface area contributed by atoms with E-state index in [1.54, 1.807) is 0 Å². The Kier molecular flexibility index (Phi) is 2.44. The summed E-state index contributed by atoms with van der Waals surface area (Å²) in [5, 5.41) is 3.46. The smallest absolute Gasteiger partial charge is 0.239 e. The number of carbonyl (C=O) groups excluding carboxylic acids is 1. The Morgan fingerprint density at radius 1 is 1.38 bits per heavy atom. The van der Waals surface area contributed by atoms with Gasteiger partial charge in [0.05, 0.1) is 6.04 Å². The number of carbonyl (C=O) groups is 1. The van der Waals surface area contributed by atoms with Gasteiger partial charge in [0.15, 0.2) is 0 Å². The third-order valence-electron chi connectivity index (χ3n) is 4.64. The van der Waals surface area contributed by atoms with Crippen LogP contribution in [-0.4, -0.2) is 61.5 Å². The summed E-state index contributed by atoms with van der Waals surface area (Å²) in [6, 6.07) is 0.185. The van der Waals surface area contributed by atoms with Crippen molar-refractivity contribution in [1.82, 2.24) is 15.1 Å². The number of likely N-dealkylation sites (N-methyl/N-ethyl adjacent to an activating group) is 1. The van der Waals surface area contributed by atoms with Gasteiger partial charge in [-0.3, -0.25) is 9.69 Å². The van der Waals surface area contributed by atoms with E-state index < -0.39 is 0 Å². The Morgan fingerprint density at radius 2 is 2.25 bits per heavy atom. The molecule has 3 aliphatic rings. The summed E-state index contributed by atoms with van der Waals surface area (Å²) >= 11 is 0. The molecule has 0 aromatic rings. The zero-order valence-corrected chi connectivity index (χ0v) is 10.0. The molecule has 0 saturated carbocycles. The molecule has 0 aliphatic carbocycles. The van der Waals surface area contributed by atoms with Crippen LogP contribution < -0.4 is 5.32 Å². The van der Waals surface area contributed by atoms with Crippen molar-refractivity contribution in [3.05, 3.63) is 0 Å². The molecule has 0 bridgehead atoms. The number of hydrogen-bond donors (Lipinski definition) is 1. The number of hydrogen-bond acceptors (Lipinski definition) is 3. The van der Waals surface area contributed by atoms with Gasteiger partial charge >= 0.3 is 0 Å². The Bertz CT molecular complexity index is 299.